The van der Waals surface area contributed by atoms with Crippen LogP contribution in [0.15, 0.2) is 122 Å². The van der Waals surface area contributed by atoms with Crippen molar-refractivity contribution in [3.63, 3.8) is 0 Å². The van der Waals surface area contributed by atoms with Crippen molar-refractivity contribution in [3.05, 3.63) is 127 Å². The molecule has 6 nitrogen and oxygen atoms in total. The molecule has 0 radical (unpaired) electrons. The summed E-state index contributed by atoms with van der Waals surface area (Å²) >= 11 is 5.81. The van der Waals surface area contributed by atoms with Crippen molar-refractivity contribution in [2.75, 3.05) is 11.1 Å². The maximum absolute atomic E-state index is 5.81. The molecule has 6 aromatic rings. The number of benzene rings is 4. The summed E-state index contributed by atoms with van der Waals surface area (Å²) in [6, 6.07) is 35.1. The molecule has 0 saturated heterocycles. The lowest BCUT2D eigenvalue weighted by atomic mass is 10.2. The molecule has 0 aliphatic heterocycles. The standard InChI is InChI=1S/C14H11N3.C8H5ClN2.C6H7N.4C2H6/c1-2-6-11(7-3-1)17-14-12-8-4-5-9-13(12)15-10-16-14;9-8-6-3-1-2-4-7(6)10-5-11-8;7-6-4-2-1-3-5-6;4*1-2/h1-10H,(H,15,16,17);1-5H;1-5H,7H2;4*1-2H3. The van der Waals surface area contributed by atoms with Gasteiger partial charge in [0.2, 0.25) is 0 Å². The minimum atomic E-state index is 0.510. The fourth-order valence-corrected chi connectivity index (χ4v) is 3.39. The van der Waals surface area contributed by atoms with E-state index in [2.05, 4.69) is 25.3 Å². The molecular formula is C36H47ClN6. The quantitative estimate of drug-likeness (QED) is 0.152. The van der Waals surface area contributed by atoms with Gasteiger partial charge in [0.15, 0.2) is 0 Å². The molecule has 0 atom stereocenters. The van der Waals surface area contributed by atoms with E-state index >= 15 is 0 Å². The van der Waals surface area contributed by atoms with Gasteiger partial charge < -0.3 is 11.1 Å². The first kappa shape index (κ1) is 38.5. The lowest BCUT2D eigenvalue weighted by Gasteiger charge is -2.07. The highest BCUT2D eigenvalue weighted by atomic mass is 35.5. The van der Waals surface area contributed by atoms with E-state index in [4.69, 9.17) is 17.3 Å². The fourth-order valence-electron chi connectivity index (χ4n) is 3.19. The molecule has 0 amide bonds. The number of nitrogens with one attached hydrogen (secondary N) is 1. The van der Waals surface area contributed by atoms with Crippen LogP contribution in [-0.2, 0) is 0 Å². The Kier molecular flexibility index (Phi) is 22.5. The topological polar surface area (TPSA) is 89.6 Å². The predicted molar refractivity (Wildman–Crippen MR) is 190 cm³/mol. The molecule has 3 N–H and O–H groups in total. The minimum absolute atomic E-state index is 0.510. The van der Waals surface area contributed by atoms with Gasteiger partial charge in [-0.15, -0.1) is 0 Å². The zero-order valence-electron chi connectivity index (χ0n) is 26.8. The summed E-state index contributed by atoms with van der Waals surface area (Å²) in [4.78, 5) is 16.4. The Labute approximate surface area is 263 Å². The molecule has 2 aromatic heterocycles. The summed E-state index contributed by atoms with van der Waals surface area (Å²) in [6.45, 7) is 16.0. The van der Waals surface area contributed by atoms with Crippen molar-refractivity contribution in [2.24, 2.45) is 0 Å². The van der Waals surface area contributed by atoms with E-state index in [1.54, 1.807) is 6.33 Å². The molecule has 2 heterocycles. The van der Waals surface area contributed by atoms with Crippen molar-refractivity contribution < 1.29 is 0 Å². The monoisotopic (exact) mass is 598 g/mol. The molecule has 0 aliphatic rings. The average molecular weight is 599 g/mol. The van der Waals surface area contributed by atoms with Crippen molar-refractivity contribution in [3.8, 4) is 0 Å². The lowest BCUT2D eigenvalue weighted by Crippen LogP contribution is -1.95. The third-order valence-electron chi connectivity index (χ3n) is 4.87. The average Bonchev–Trinajstić information content (AvgIpc) is 3.10. The molecule has 228 valence electrons. The smallest absolute Gasteiger partial charge is 0.141 e. The first-order valence-corrected chi connectivity index (χ1v) is 15.3. The second kappa shape index (κ2) is 25.2. The van der Waals surface area contributed by atoms with Crippen LogP contribution in [0.1, 0.15) is 55.4 Å². The number of nitrogen functional groups attached to an aromatic ring is 1. The summed E-state index contributed by atoms with van der Waals surface area (Å²) < 4.78 is 0. The van der Waals surface area contributed by atoms with Crippen LogP contribution in [-0.4, -0.2) is 19.9 Å². The van der Waals surface area contributed by atoms with Crippen LogP contribution < -0.4 is 11.1 Å². The summed E-state index contributed by atoms with van der Waals surface area (Å²) in [6.07, 6.45) is 3.04. The number of hydrogen-bond donors (Lipinski definition) is 2. The van der Waals surface area contributed by atoms with Gasteiger partial charge in [-0.2, -0.15) is 0 Å². The Hall–Kier alpha value is -4.55. The zero-order valence-corrected chi connectivity index (χ0v) is 27.5. The highest BCUT2D eigenvalue weighted by Crippen LogP contribution is 2.22. The van der Waals surface area contributed by atoms with Crippen molar-refractivity contribution >= 4 is 50.6 Å². The number of nitrogens with two attached hydrogens (primary N) is 1. The molecule has 0 bridgehead atoms. The van der Waals surface area contributed by atoms with Gasteiger partial charge >= 0.3 is 0 Å². The van der Waals surface area contributed by atoms with Crippen LogP contribution in [0.3, 0.4) is 0 Å². The van der Waals surface area contributed by atoms with Crippen LogP contribution >= 0.6 is 11.6 Å². The van der Waals surface area contributed by atoms with Gasteiger partial charge in [0, 0.05) is 22.1 Å². The van der Waals surface area contributed by atoms with Crippen molar-refractivity contribution in [2.45, 2.75) is 55.4 Å². The molecule has 7 heteroatoms. The molecule has 4 aromatic carbocycles. The van der Waals surface area contributed by atoms with Gasteiger partial charge in [-0.25, -0.2) is 19.9 Å². The van der Waals surface area contributed by atoms with E-state index in [0.29, 0.717) is 5.15 Å². The molecule has 43 heavy (non-hydrogen) atoms. The minimum Gasteiger partial charge on any atom is -0.399 e. The van der Waals surface area contributed by atoms with Crippen LogP contribution in [0.4, 0.5) is 17.2 Å². The van der Waals surface area contributed by atoms with Crippen LogP contribution in [0.2, 0.25) is 5.15 Å². The van der Waals surface area contributed by atoms with Crippen LogP contribution in [0.25, 0.3) is 21.8 Å². The van der Waals surface area contributed by atoms with Gasteiger partial charge in [0.1, 0.15) is 23.6 Å². The van der Waals surface area contributed by atoms with Gasteiger partial charge in [-0.05, 0) is 48.5 Å². The van der Waals surface area contributed by atoms with Crippen LogP contribution in [0, 0.1) is 0 Å². The maximum Gasteiger partial charge on any atom is 0.141 e. The van der Waals surface area contributed by atoms with Crippen molar-refractivity contribution in [1.82, 2.24) is 19.9 Å². The molecule has 6 rings (SSSR count). The largest absolute Gasteiger partial charge is 0.399 e. The van der Waals surface area contributed by atoms with Gasteiger partial charge in [-0.3, -0.25) is 0 Å². The lowest BCUT2D eigenvalue weighted by molar-refractivity contribution is 1.22. The number of anilines is 3. The molecule has 0 saturated carbocycles. The van der Waals surface area contributed by atoms with Gasteiger partial charge in [0.05, 0.1) is 11.0 Å². The van der Waals surface area contributed by atoms with Crippen LogP contribution in [0.5, 0.6) is 0 Å². The highest BCUT2D eigenvalue weighted by Gasteiger charge is 2.02. The molecule has 0 fully saturated rings. The number of halogens is 1. The predicted octanol–water partition coefficient (Wildman–Crippen LogP) is 11.0. The number of aromatic nitrogens is 4. The van der Waals surface area contributed by atoms with Gasteiger partial charge in [-0.1, -0.05) is 128 Å². The summed E-state index contributed by atoms with van der Waals surface area (Å²) in [7, 11) is 0. The van der Waals surface area contributed by atoms with Crippen molar-refractivity contribution in [1.29, 1.82) is 0 Å². The fraction of sp³-hybridized carbons (Fsp3) is 0.222. The SMILES string of the molecule is CC.CC.CC.CC.Clc1ncnc2ccccc12.Nc1ccccc1.c1ccc(Nc2ncnc3ccccc23)cc1. The number of nitrogens with zero attached hydrogens (tertiary/aromatic N) is 4. The Morgan fingerprint density at radius 3 is 1.40 bits per heavy atom. The Morgan fingerprint density at radius 2 is 0.907 bits per heavy atom. The third-order valence-corrected chi connectivity index (χ3v) is 5.17. The van der Waals surface area contributed by atoms with E-state index in [1.807, 2.05) is 165 Å². The number of para-hydroxylation sites is 4. The molecule has 0 unspecified atom stereocenters. The Morgan fingerprint density at radius 1 is 0.488 bits per heavy atom. The number of rotatable bonds is 2. The highest BCUT2D eigenvalue weighted by molar-refractivity contribution is 6.33. The maximum atomic E-state index is 5.81. The Bertz CT molecular complexity index is 1490. The van der Waals surface area contributed by atoms with Gasteiger partial charge in [0.25, 0.3) is 0 Å². The number of hydrogen-bond acceptors (Lipinski definition) is 6. The summed E-state index contributed by atoms with van der Waals surface area (Å²) in [5, 5.41) is 5.73. The second-order valence-corrected chi connectivity index (χ2v) is 7.68. The first-order valence-electron chi connectivity index (χ1n) is 14.9. The Balaban J connectivity index is 0.000000587. The summed E-state index contributed by atoms with van der Waals surface area (Å²) in [5.74, 6) is 0.835. The molecule has 0 aliphatic carbocycles. The van der Waals surface area contributed by atoms with E-state index in [-0.39, 0.29) is 0 Å². The third kappa shape index (κ3) is 14.3. The first-order chi connectivity index (χ1) is 21.2. The van der Waals surface area contributed by atoms with E-state index in [9.17, 15) is 0 Å². The number of fused-ring (bicyclic) bond motifs is 2. The normalized spacial score (nSPS) is 8.67. The van der Waals surface area contributed by atoms with E-state index in [0.717, 1.165) is 39.0 Å². The van der Waals surface area contributed by atoms with E-state index in [1.165, 1.54) is 6.33 Å². The summed E-state index contributed by atoms with van der Waals surface area (Å²) in [5.41, 5.74) is 9.03. The second-order valence-electron chi connectivity index (χ2n) is 7.32. The zero-order chi connectivity index (χ0) is 32.3. The molecular weight excluding hydrogens is 552 g/mol. The molecule has 0 spiro atoms. The van der Waals surface area contributed by atoms with E-state index < -0.39 is 0 Å².